The molecule has 7 nitrogen and oxygen atoms in total. The molecule has 0 spiro atoms. The zero-order chi connectivity index (χ0) is 20.5. The van der Waals surface area contributed by atoms with Gasteiger partial charge in [0.15, 0.2) is 0 Å². The number of nitrogens with one attached hydrogen (secondary N) is 2. The predicted molar refractivity (Wildman–Crippen MR) is 92.8 cm³/mol. The van der Waals surface area contributed by atoms with E-state index in [1.165, 1.54) is 24.3 Å². The molecule has 1 fully saturated rings. The lowest BCUT2D eigenvalue weighted by atomic mass is 10.0. The summed E-state index contributed by atoms with van der Waals surface area (Å²) in [7, 11) is 0. The second-order valence-corrected chi connectivity index (χ2v) is 6.69. The molecule has 1 aromatic heterocycles. The molecular formula is C18H19F3N2O5. The van der Waals surface area contributed by atoms with E-state index in [0.29, 0.717) is 30.2 Å². The Morgan fingerprint density at radius 3 is 2.75 bits per heavy atom. The molecule has 1 saturated carbocycles. The number of fused-ring (bicyclic) bond motifs is 1. The summed E-state index contributed by atoms with van der Waals surface area (Å²) in [5, 5.41) is 23.8. The van der Waals surface area contributed by atoms with Gasteiger partial charge in [0, 0.05) is 24.0 Å². The van der Waals surface area contributed by atoms with E-state index in [0.717, 1.165) is 0 Å². The molecule has 0 unspecified atom stereocenters. The van der Waals surface area contributed by atoms with Gasteiger partial charge in [-0.1, -0.05) is 6.07 Å². The molecule has 1 aromatic carbocycles. The van der Waals surface area contributed by atoms with E-state index in [-0.39, 0.29) is 17.8 Å². The quantitative estimate of drug-likeness (QED) is 0.571. The molecule has 0 bridgehead atoms. The number of aromatic amines is 1. The number of esters is 1. The predicted octanol–water partition coefficient (Wildman–Crippen LogP) is 1.88. The van der Waals surface area contributed by atoms with Crippen molar-refractivity contribution in [2.75, 3.05) is 6.54 Å². The van der Waals surface area contributed by atoms with Crippen molar-refractivity contribution in [3.8, 4) is 5.75 Å². The van der Waals surface area contributed by atoms with Gasteiger partial charge < -0.3 is 25.3 Å². The lowest BCUT2D eigenvalue weighted by Gasteiger charge is -2.23. The van der Waals surface area contributed by atoms with Gasteiger partial charge in [0.2, 0.25) is 5.56 Å². The van der Waals surface area contributed by atoms with Crippen molar-refractivity contribution in [1.29, 1.82) is 0 Å². The third kappa shape index (κ3) is 4.28. The van der Waals surface area contributed by atoms with Crippen LogP contribution in [0.25, 0.3) is 10.9 Å². The molecule has 2 aromatic rings. The highest BCUT2D eigenvalue weighted by molar-refractivity contribution is 5.87. The Labute approximate surface area is 157 Å². The Hall–Kier alpha value is -2.59. The maximum absolute atomic E-state index is 12.4. The van der Waals surface area contributed by atoms with E-state index in [1.54, 1.807) is 0 Å². The molecule has 152 valence electrons. The topological polar surface area (TPSA) is 112 Å². The Morgan fingerprint density at radius 1 is 1.29 bits per heavy atom. The van der Waals surface area contributed by atoms with Crippen molar-refractivity contribution in [2.45, 2.75) is 43.7 Å². The highest BCUT2D eigenvalue weighted by atomic mass is 19.4. The number of aromatic hydroxyl groups is 1. The first kappa shape index (κ1) is 20.2. The molecular weight excluding hydrogens is 381 g/mol. The number of alkyl halides is 3. The summed E-state index contributed by atoms with van der Waals surface area (Å²) in [4.78, 5) is 25.0. The number of aliphatic hydroxyl groups excluding tert-OH is 1. The van der Waals surface area contributed by atoms with Gasteiger partial charge in [-0.2, -0.15) is 13.2 Å². The molecule has 0 aliphatic heterocycles. The molecule has 3 atom stereocenters. The van der Waals surface area contributed by atoms with E-state index in [4.69, 9.17) is 0 Å². The van der Waals surface area contributed by atoms with Gasteiger partial charge in [0.1, 0.15) is 11.9 Å². The number of ether oxygens (including phenoxy) is 1. The normalized spacial score (nSPS) is 21.0. The number of carbonyl (C=O) groups is 1. The van der Waals surface area contributed by atoms with Gasteiger partial charge in [-0.25, -0.2) is 4.79 Å². The first-order chi connectivity index (χ1) is 13.2. The molecule has 0 saturated heterocycles. The number of H-pyrrole nitrogens is 1. The van der Waals surface area contributed by atoms with E-state index in [1.807, 2.05) is 0 Å². The van der Waals surface area contributed by atoms with Crippen LogP contribution in [0, 0.1) is 0 Å². The average molecular weight is 400 g/mol. The van der Waals surface area contributed by atoms with Gasteiger partial charge in [0.25, 0.3) is 0 Å². The van der Waals surface area contributed by atoms with Crippen LogP contribution in [-0.4, -0.2) is 46.0 Å². The Bertz CT molecular complexity index is 928. The van der Waals surface area contributed by atoms with Crippen molar-refractivity contribution < 1.29 is 32.9 Å². The number of hydrogen-bond acceptors (Lipinski definition) is 6. The van der Waals surface area contributed by atoms with Crippen LogP contribution < -0.4 is 10.9 Å². The minimum atomic E-state index is -5.05. The molecule has 4 N–H and O–H groups in total. The van der Waals surface area contributed by atoms with Gasteiger partial charge in [0.05, 0.1) is 11.6 Å². The van der Waals surface area contributed by atoms with Crippen LogP contribution in [-0.2, 0) is 9.53 Å². The maximum Gasteiger partial charge on any atom is 0.490 e. The minimum Gasteiger partial charge on any atom is -0.506 e. The van der Waals surface area contributed by atoms with Crippen LogP contribution in [0.3, 0.4) is 0 Å². The number of carbonyl (C=O) groups excluding carboxylic acids is 1. The third-order valence-electron chi connectivity index (χ3n) is 4.78. The number of phenols is 1. The maximum atomic E-state index is 12.4. The number of hydrogen-bond donors (Lipinski definition) is 4. The van der Waals surface area contributed by atoms with Crippen LogP contribution in [0.15, 0.2) is 29.1 Å². The summed E-state index contributed by atoms with van der Waals surface area (Å²) in [6, 6.07) is 5.05. The summed E-state index contributed by atoms with van der Waals surface area (Å²) in [6.45, 7) is -0.0102. The second kappa shape index (κ2) is 7.80. The van der Waals surface area contributed by atoms with Crippen LogP contribution in [0.2, 0.25) is 0 Å². The van der Waals surface area contributed by atoms with Crippen molar-refractivity contribution in [3.63, 3.8) is 0 Å². The minimum absolute atomic E-state index is 0.0102. The Balaban J connectivity index is 1.69. The van der Waals surface area contributed by atoms with Crippen LogP contribution in [0.5, 0.6) is 5.75 Å². The van der Waals surface area contributed by atoms with Gasteiger partial charge in [-0.3, -0.25) is 4.79 Å². The van der Waals surface area contributed by atoms with Gasteiger partial charge in [-0.15, -0.1) is 0 Å². The van der Waals surface area contributed by atoms with Crippen molar-refractivity contribution in [3.05, 3.63) is 40.2 Å². The lowest BCUT2D eigenvalue weighted by molar-refractivity contribution is -0.205. The molecule has 0 amide bonds. The fraction of sp³-hybridized carbons (Fsp3) is 0.444. The summed E-state index contributed by atoms with van der Waals surface area (Å²) in [5.74, 6) is -2.37. The summed E-state index contributed by atoms with van der Waals surface area (Å²) in [6.07, 6.45) is -5.63. The second-order valence-electron chi connectivity index (χ2n) is 6.69. The molecule has 28 heavy (non-hydrogen) atoms. The number of pyridine rings is 1. The van der Waals surface area contributed by atoms with E-state index in [2.05, 4.69) is 15.0 Å². The SMILES string of the molecule is O=C(O[C@H]1CCC[C@@H]1NC[C@H](O)c1ccc(O)c2[nH]c(=O)ccc12)C(F)(F)F. The number of aliphatic hydroxyl groups is 1. The zero-order valence-corrected chi connectivity index (χ0v) is 14.6. The average Bonchev–Trinajstić information content (AvgIpc) is 3.06. The largest absolute Gasteiger partial charge is 0.506 e. The Kier molecular flexibility index (Phi) is 5.61. The first-order valence-electron chi connectivity index (χ1n) is 8.71. The van der Waals surface area contributed by atoms with E-state index >= 15 is 0 Å². The number of aromatic nitrogens is 1. The number of phenolic OH excluding ortho intramolecular Hbond substituents is 1. The van der Waals surface area contributed by atoms with Crippen molar-refractivity contribution in [1.82, 2.24) is 10.3 Å². The summed E-state index contributed by atoms with van der Waals surface area (Å²) < 4.78 is 41.7. The highest BCUT2D eigenvalue weighted by Crippen LogP contribution is 2.30. The van der Waals surface area contributed by atoms with Gasteiger partial charge in [-0.05, 0) is 37.0 Å². The van der Waals surface area contributed by atoms with E-state index in [9.17, 15) is 33.0 Å². The fourth-order valence-corrected chi connectivity index (χ4v) is 3.43. The lowest BCUT2D eigenvalue weighted by Crippen LogP contribution is -2.42. The standard InChI is InChI=1S/C18H19F3N2O5/c19-18(20,21)17(27)28-14-3-1-2-11(14)22-8-13(25)9-4-6-12(24)16-10(9)5-7-15(26)23-16/h4-7,11,13-14,22,24-25H,1-3,8H2,(H,23,26)/t11-,13-,14-/m0/s1. The smallest absolute Gasteiger partial charge is 0.490 e. The van der Waals surface area contributed by atoms with Gasteiger partial charge >= 0.3 is 12.1 Å². The molecule has 1 heterocycles. The van der Waals surface area contributed by atoms with Crippen LogP contribution in [0.4, 0.5) is 13.2 Å². The summed E-state index contributed by atoms with van der Waals surface area (Å²) >= 11 is 0. The number of halogens is 3. The molecule has 1 aliphatic rings. The first-order valence-corrected chi connectivity index (χ1v) is 8.71. The van der Waals surface area contributed by atoms with Crippen LogP contribution >= 0.6 is 0 Å². The zero-order valence-electron chi connectivity index (χ0n) is 14.6. The highest BCUT2D eigenvalue weighted by Gasteiger charge is 2.44. The van der Waals surface area contributed by atoms with E-state index < -0.39 is 36.0 Å². The fourth-order valence-electron chi connectivity index (χ4n) is 3.43. The molecule has 0 radical (unpaired) electrons. The summed E-state index contributed by atoms with van der Waals surface area (Å²) in [5.41, 5.74) is 0.202. The number of benzene rings is 1. The number of rotatable bonds is 5. The van der Waals surface area contributed by atoms with Crippen LogP contribution in [0.1, 0.15) is 30.9 Å². The monoisotopic (exact) mass is 400 g/mol. The van der Waals surface area contributed by atoms with Crippen molar-refractivity contribution >= 4 is 16.9 Å². The molecule has 10 heteroatoms. The third-order valence-corrected chi connectivity index (χ3v) is 4.78. The Morgan fingerprint density at radius 2 is 2.04 bits per heavy atom. The molecule has 3 rings (SSSR count). The van der Waals surface area contributed by atoms with Crippen molar-refractivity contribution in [2.24, 2.45) is 0 Å². The molecule has 1 aliphatic carbocycles.